The van der Waals surface area contributed by atoms with E-state index in [-0.39, 0.29) is 18.9 Å². The molecule has 0 spiro atoms. The molecule has 29 heavy (non-hydrogen) atoms. The van der Waals surface area contributed by atoms with Crippen LogP contribution in [0.2, 0.25) is 5.02 Å². The van der Waals surface area contributed by atoms with Gasteiger partial charge >= 0.3 is 0 Å². The molecule has 0 unspecified atom stereocenters. The molecule has 2 rings (SSSR count). The molecule has 0 radical (unpaired) electrons. The third-order valence-corrected chi connectivity index (χ3v) is 5.79. The third-order valence-electron chi connectivity index (χ3n) is 4.36. The Hall–Kier alpha value is -2.25. The van der Waals surface area contributed by atoms with Crippen LogP contribution in [0.4, 0.5) is 5.69 Å². The number of amides is 1. The fourth-order valence-corrected chi connectivity index (χ4v) is 4.08. The summed E-state index contributed by atoms with van der Waals surface area (Å²) in [4.78, 5) is 12.1. The molecule has 6 nitrogen and oxygen atoms in total. The van der Waals surface area contributed by atoms with Crippen molar-refractivity contribution >= 4 is 33.2 Å². The van der Waals surface area contributed by atoms with Gasteiger partial charge in [0, 0.05) is 24.5 Å². The molecule has 8 heteroatoms. The zero-order chi connectivity index (χ0) is 21.3. The van der Waals surface area contributed by atoms with Crippen LogP contribution >= 0.6 is 11.6 Å². The van der Waals surface area contributed by atoms with Gasteiger partial charge in [0.25, 0.3) is 0 Å². The highest BCUT2D eigenvalue weighted by Crippen LogP contribution is 2.22. The van der Waals surface area contributed by atoms with E-state index in [0.29, 0.717) is 23.7 Å². The lowest BCUT2D eigenvalue weighted by atomic mass is 10.1. The average molecular weight is 439 g/mol. The molecule has 0 heterocycles. The maximum Gasteiger partial charge on any atom is 0.232 e. The van der Waals surface area contributed by atoms with Crippen molar-refractivity contribution in [3.8, 4) is 5.75 Å². The molecule has 0 atom stereocenters. The molecule has 0 saturated heterocycles. The molecule has 2 aromatic carbocycles. The molecule has 0 aliphatic heterocycles. The number of benzene rings is 2. The molecule has 0 bridgehead atoms. The summed E-state index contributed by atoms with van der Waals surface area (Å²) >= 11 is 5.96. The second kappa shape index (κ2) is 11.1. The number of nitrogens with one attached hydrogen (secondary N) is 1. The van der Waals surface area contributed by atoms with E-state index in [2.05, 4.69) is 5.32 Å². The number of nitrogens with zero attached hydrogens (tertiary/aromatic N) is 1. The maximum absolute atomic E-state index is 12.1. The third kappa shape index (κ3) is 7.95. The van der Waals surface area contributed by atoms with Gasteiger partial charge in [0.2, 0.25) is 15.9 Å². The Kier molecular flexibility index (Phi) is 8.79. The van der Waals surface area contributed by atoms with Gasteiger partial charge in [-0.2, -0.15) is 0 Å². The van der Waals surface area contributed by atoms with Crippen molar-refractivity contribution in [1.29, 1.82) is 0 Å². The molecule has 1 amide bonds. The van der Waals surface area contributed by atoms with Crippen LogP contribution in [0.1, 0.15) is 24.8 Å². The topological polar surface area (TPSA) is 75.7 Å². The van der Waals surface area contributed by atoms with Crippen molar-refractivity contribution in [1.82, 2.24) is 5.32 Å². The van der Waals surface area contributed by atoms with E-state index in [9.17, 15) is 13.2 Å². The Balaban J connectivity index is 1.74. The van der Waals surface area contributed by atoms with Crippen molar-refractivity contribution < 1.29 is 17.9 Å². The summed E-state index contributed by atoms with van der Waals surface area (Å²) in [5.41, 5.74) is 1.66. The van der Waals surface area contributed by atoms with Crippen LogP contribution in [0, 0.1) is 0 Å². The number of carbonyl (C=O) groups excluding carboxylic acids is 1. The standard InChI is InChI=1S/C21H27ClN2O4S/c1-28-20-11-3-7-17(15-20)8-5-13-23-21(25)12-6-14-24(29(2,26)27)19-10-4-9-18(22)16-19/h3-4,7,9-11,15-16H,5-6,8,12-14H2,1-2H3,(H,23,25). The minimum Gasteiger partial charge on any atom is -0.497 e. The average Bonchev–Trinajstić information content (AvgIpc) is 2.68. The van der Waals surface area contributed by atoms with E-state index in [0.717, 1.165) is 30.4 Å². The normalized spacial score (nSPS) is 11.1. The van der Waals surface area contributed by atoms with E-state index < -0.39 is 10.0 Å². The van der Waals surface area contributed by atoms with Crippen LogP contribution in [-0.4, -0.2) is 40.8 Å². The van der Waals surface area contributed by atoms with Crippen LogP contribution < -0.4 is 14.4 Å². The molecule has 0 saturated carbocycles. The van der Waals surface area contributed by atoms with Gasteiger partial charge in [0.05, 0.1) is 19.1 Å². The van der Waals surface area contributed by atoms with Crippen molar-refractivity contribution in [3.63, 3.8) is 0 Å². The smallest absolute Gasteiger partial charge is 0.232 e. The first kappa shape index (κ1) is 23.0. The number of ether oxygens (including phenoxy) is 1. The van der Waals surface area contributed by atoms with Crippen molar-refractivity contribution in [2.75, 3.05) is 30.8 Å². The molecule has 0 fully saturated rings. The predicted octanol–water partition coefficient (Wildman–Crippen LogP) is 3.64. The molecule has 0 aliphatic rings. The summed E-state index contributed by atoms with van der Waals surface area (Å²) < 4.78 is 30.6. The van der Waals surface area contributed by atoms with E-state index in [4.69, 9.17) is 16.3 Å². The van der Waals surface area contributed by atoms with Gasteiger partial charge in [-0.25, -0.2) is 8.42 Å². The summed E-state index contributed by atoms with van der Waals surface area (Å²) in [7, 11) is -1.82. The number of anilines is 1. The lowest BCUT2D eigenvalue weighted by Crippen LogP contribution is -2.32. The zero-order valence-electron chi connectivity index (χ0n) is 16.7. The first-order valence-corrected chi connectivity index (χ1v) is 11.6. The number of carbonyl (C=O) groups is 1. The van der Waals surface area contributed by atoms with Gasteiger partial charge in [-0.3, -0.25) is 9.10 Å². The molecule has 1 N–H and O–H groups in total. The summed E-state index contributed by atoms with van der Waals surface area (Å²) in [6.45, 7) is 0.788. The second-order valence-electron chi connectivity index (χ2n) is 6.72. The van der Waals surface area contributed by atoms with Gasteiger partial charge in [-0.1, -0.05) is 29.8 Å². The van der Waals surface area contributed by atoms with Gasteiger partial charge in [-0.05, 0) is 55.2 Å². The van der Waals surface area contributed by atoms with E-state index in [1.807, 2.05) is 24.3 Å². The van der Waals surface area contributed by atoms with Crippen LogP contribution in [-0.2, 0) is 21.2 Å². The van der Waals surface area contributed by atoms with Gasteiger partial charge in [-0.15, -0.1) is 0 Å². The SMILES string of the molecule is COc1cccc(CCCNC(=O)CCCN(c2cccc(Cl)c2)S(C)(=O)=O)c1. The highest BCUT2D eigenvalue weighted by Gasteiger charge is 2.17. The van der Waals surface area contributed by atoms with E-state index in [1.54, 1.807) is 31.4 Å². The lowest BCUT2D eigenvalue weighted by molar-refractivity contribution is -0.121. The van der Waals surface area contributed by atoms with Crippen molar-refractivity contribution in [3.05, 3.63) is 59.1 Å². The number of hydrogen-bond acceptors (Lipinski definition) is 4. The maximum atomic E-state index is 12.1. The van der Waals surface area contributed by atoms with E-state index in [1.165, 1.54) is 4.31 Å². The number of sulfonamides is 1. The fraction of sp³-hybridized carbons (Fsp3) is 0.381. The summed E-state index contributed by atoms with van der Waals surface area (Å²) in [5.74, 6) is 0.733. The fourth-order valence-electron chi connectivity index (χ4n) is 2.94. The van der Waals surface area contributed by atoms with Crippen LogP contribution in [0.5, 0.6) is 5.75 Å². The van der Waals surface area contributed by atoms with Crippen LogP contribution in [0.3, 0.4) is 0 Å². The summed E-state index contributed by atoms with van der Waals surface area (Å²) in [6, 6.07) is 14.5. The van der Waals surface area contributed by atoms with Crippen molar-refractivity contribution in [2.24, 2.45) is 0 Å². The second-order valence-corrected chi connectivity index (χ2v) is 9.07. The number of halogens is 1. The highest BCUT2D eigenvalue weighted by molar-refractivity contribution is 7.92. The Morgan fingerprint density at radius 3 is 2.59 bits per heavy atom. The molecular formula is C21H27ClN2O4S. The minimum atomic E-state index is -3.46. The molecular weight excluding hydrogens is 412 g/mol. The zero-order valence-corrected chi connectivity index (χ0v) is 18.3. The molecule has 0 aliphatic carbocycles. The van der Waals surface area contributed by atoms with E-state index >= 15 is 0 Å². The number of methoxy groups -OCH3 is 1. The van der Waals surface area contributed by atoms with Crippen LogP contribution in [0.25, 0.3) is 0 Å². The largest absolute Gasteiger partial charge is 0.497 e. The monoisotopic (exact) mass is 438 g/mol. The number of hydrogen-bond donors (Lipinski definition) is 1. The highest BCUT2D eigenvalue weighted by atomic mass is 35.5. The summed E-state index contributed by atoms with van der Waals surface area (Å²) in [5, 5.41) is 3.35. The van der Waals surface area contributed by atoms with Gasteiger partial charge in [0.15, 0.2) is 0 Å². The van der Waals surface area contributed by atoms with Gasteiger partial charge in [0.1, 0.15) is 5.75 Å². The Morgan fingerprint density at radius 2 is 1.90 bits per heavy atom. The molecule has 2 aromatic rings. The number of aryl methyl sites for hydroxylation is 1. The lowest BCUT2D eigenvalue weighted by Gasteiger charge is -2.22. The molecule has 0 aromatic heterocycles. The quantitative estimate of drug-likeness (QED) is 0.543. The first-order valence-electron chi connectivity index (χ1n) is 9.42. The van der Waals surface area contributed by atoms with Crippen molar-refractivity contribution in [2.45, 2.75) is 25.7 Å². The molecule has 158 valence electrons. The van der Waals surface area contributed by atoms with Gasteiger partial charge < -0.3 is 10.1 Å². The predicted molar refractivity (Wildman–Crippen MR) is 117 cm³/mol. The Bertz CT molecular complexity index is 918. The Labute approximate surface area is 177 Å². The Morgan fingerprint density at radius 1 is 1.14 bits per heavy atom. The summed E-state index contributed by atoms with van der Waals surface area (Å²) in [6.07, 6.45) is 3.48. The minimum absolute atomic E-state index is 0.0878. The van der Waals surface area contributed by atoms with Crippen LogP contribution in [0.15, 0.2) is 48.5 Å². The number of rotatable bonds is 11. The first-order chi connectivity index (χ1) is 13.8.